The van der Waals surface area contributed by atoms with E-state index in [4.69, 9.17) is 21.6 Å². The summed E-state index contributed by atoms with van der Waals surface area (Å²) in [6.07, 6.45) is 3.39. The molecule has 0 saturated carbocycles. The molecule has 0 aliphatic carbocycles. The van der Waals surface area contributed by atoms with Crippen molar-refractivity contribution in [1.29, 1.82) is 5.41 Å². The summed E-state index contributed by atoms with van der Waals surface area (Å²) in [5.41, 5.74) is 12.5. The first-order chi connectivity index (χ1) is 15.0. The van der Waals surface area contributed by atoms with Crippen molar-refractivity contribution in [2.45, 2.75) is 44.8 Å². The third-order valence-electron chi connectivity index (χ3n) is 4.51. The van der Waals surface area contributed by atoms with E-state index in [0.717, 1.165) is 50.0 Å². The number of hydrogen-bond acceptors (Lipinski definition) is 6. The Labute approximate surface area is 220 Å². The van der Waals surface area contributed by atoms with E-state index in [9.17, 15) is 9.59 Å². The van der Waals surface area contributed by atoms with Crippen LogP contribution in [0.25, 0.3) is 0 Å². The molecular formula is C21H40Cl3N7O3. The van der Waals surface area contributed by atoms with Gasteiger partial charge in [-0.05, 0) is 69.4 Å². The minimum atomic E-state index is -0.993. The number of unbranched alkanes of at least 4 members (excludes halogenated alkanes) is 1. The summed E-state index contributed by atoms with van der Waals surface area (Å²) in [7, 11) is 1.39. The second-order valence-electron chi connectivity index (χ2n) is 7.16. The van der Waals surface area contributed by atoms with Crippen molar-refractivity contribution in [3.05, 3.63) is 29.8 Å². The molecule has 198 valence electrons. The number of anilines is 1. The van der Waals surface area contributed by atoms with E-state index in [1.807, 2.05) is 24.3 Å². The Morgan fingerprint density at radius 2 is 1.62 bits per heavy atom. The van der Waals surface area contributed by atoms with Crippen molar-refractivity contribution in [2.24, 2.45) is 11.5 Å². The molecule has 13 heteroatoms. The molecule has 1 unspecified atom stereocenters. The highest BCUT2D eigenvalue weighted by Gasteiger charge is 2.19. The molecule has 0 bridgehead atoms. The molecule has 1 aromatic carbocycles. The fraction of sp³-hybridized carbons (Fsp3) is 0.571. The van der Waals surface area contributed by atoms with Gasteiger partial charge in [0.15, 0.2) is 5.96 Å². The molecule has 10 nitrogen and oxygen atoms in total. The summed E-state index contributed by atoms with van der Waals surface area (Å²) in [4.78, 5) is 24.3. The highest BCUT2D eigenvalue weighted by molar-refractivity contribution is 5.89. The van der Waals surface area contributed by atoms with Gasteiger partial charge in [-0.25, -0.2) is 0 Å². The molecule has 2 amide bonds. The van der Waals surface area contributed by atoms with Crippen LogP contribution >= 0.6 is 37.2 Å². The first-order valence-electron chi connectivity index (χ1n) is 10.7. The van der Waals surface area contributed by atoms with Gasteiger partial charge in [0.05, 0.1) is 0 Å². The number of halogens is 3. The number of ether oxygens (including phenoxy) is 1. The summed E-state index contributed by atoms with van der Waals surface area (Å²) < 4.78 is 5.11. The van der Waals surface area contributed by atoms with Gasteiger partial charge < -0.3 is 37.5 Å². The Morgan fingerprint density at radius 1 is 1.00 bits per heavy atom. The van der Waals surface area contributed by atoms with Crippen LogP contribution in [0.15, 0.2) is 24.3 Å². The monoisotopic (exact) mass is 543 g/mol. The zero-order chi connectivity index (χ0) is 22.9. The maximum absolute atomic E-state index is 12.2. The third kappa shape index (κ3) is 17.6. The van der Waals surface area contributed by atoms with Gasteiger partial charge in [0.1, 0.15) is 0 Å². The Balaban J connectivity index is -0.00000320. The lowest BCUT2D eigenvalue weighted by atomic mass is 10.1. The van der Waals surface area contributed by atoms with E-state index in [1.165, 1.54) is 7.11 Å². The molecule has 1 rings (SSSR count). The third-order valence-corrected chi connectivity index (χ3v) is 4.51. The van der Waals surface area contributed by atoms with E-state index >= 15 is 0 Å². The average molecular weight is 545 g/mol. The van der Waals surface area contributed by atoms with Crippen LogP contribution < -0.4 is 32.7 Å². The second-order valence-corrected chi connectivity index (χ2v) is 7.16. The maximum Gasteiger partial charge on any atom is 0.270 e. The van der Waals surface area contributed by atoms with Gasteiger partial charge in [-0.15, -0.1) is 37.2 Å². The first kappa shape index (κ1) is 36.7. The first-order valence-corrected chi connectivity index (χ1v) is 10.7. The largest absolute Gasteiger partial charge is 0.370 e. The molecule has 0 radical (unpaired) electrons. The number of rotatable bonds is 16. The topological polar surface area (TPSA) is 167 Å². The fourth-order valence-electron chi connectivity index (χ4n) is 2.84. The van der Waals surface area contributed by atoms with E-state index < -0.39 is 6.23 Å². The van der Waals surface area contributed by atoms with Crippen LogP contribution in [0.4, 0.5) is 5.69 Å². The maximum atomic E-state index is 12.2. The zero-order valence-corrected chi connectivity index (χ0v) is 22.0. The lowest BCUT2D eigenvalue weighted by Gasteiger charge is -2.17. The van der Waals surface area contributed by atoms with Gasteiger partial charge in [-0.1, -0.05) is 12.1 Å². The van der Waals surface area contributed by atoms with Crippen LogP contribution in [-0.2, 0) is 20.7 Å². The highest BCUT2D eigenvalue weighted by Crippen LogP contribution is 2.11. The Hall–Kier alpha value is -1.82. The Bertz CT molecular complexity index is 682. The van der Waals surface area contributed by atoms with E-state index in [1.54, 1.807) is 0 Å². The number of carbonyl (C=O) groups is 2. The summed E-state index contributed by atoms with van der Waals surface area (Å²) in [5.74, 6) is -0.696. The van der Waals surface area contributed by atoms with Crippen molar-refractivity contribution < 1.29 is 14.3 Å². The van der Waals surface area contributed by atoms with Gasteiger partial charge in [0, 0.05) is 25.8 Å². The van der Waals surface area contributed by atoms with Crippen LogP contribution in [0.2, 0.25) is 0 Å². The summed E-state index contributed by atoms with van der Waals surface area (Å²) in [5, 5.41) is 18.6. The molecule has 9 N–H and O–H groups in total. The molecule has 1 aromatic rings. The standard InChI is InChI=1S/C21H37N7O3.3ClH/c1-31-20(19(30)26-15-3-2-13-25-14-5-12-22)28-18(29)7-4-6-16-8-10-17(11-9-16)27-21(23)24;;;/h8-11,20,25H,2-7,12-15,22H2,1H3,(H,26,30)(H,28,29)(H4,23,24,27);3*1H. The molecule has 0 aliphatic rings. The van der Waals surface area contributed by atoms with Crippen LogP contribution in [0.5, 0.6) is 0 Å². The number of methoxy groups -OCH3 is 1. The normalized spacial score (nSPS) is 10.5. The highest BCUT2D eigenvalue weighted by atomic mass is 35.5. The smallest absolute Gasteiger partial charge is 0.270 e. The van der Waals surface area contributed by atoms with Crippen LogP contribution in [0.3, 0.4) is 0 Å². The van der Waals surface area contributed by atoms with Crippen molar-refractivity contribution >= 4 is 60.7 Å². The number of aryl methyl sites for hydroxylation is 1. The predicted octanol–water partition coefficient (Wildman–Crippen LogP) is 1.50. The Morgan fingerprint density at radius 3 is 2.21 bits per heavy atom. The Kier molecular flexibility index (Phi) is 24.8. The molecular weight excluding hydrogens is 505 g/mol. The molecule has 0 spiro atoms. The number of nitrogens with two attached hydrogens (primary N) is 2. The lowest BCUT2D eigenvalue weighted by Crippen LogP contribution is -2.48. The van der Waals surface area contributed by atoms with Gasteiger partial charge >= 0.3 is 0 Å². The minimum Gasteiger partial charge on any atom is -0.370 e. The molecule has 0 saturated heterocycles. The number of nitrogens with one attached hydrogen (secondary N) is 5. The molecule has 0 aromatic heterocycles. The van der Waals surface area contributed by atoms with Gasteiger partial charge in [-0.2, -0.15) is 0 Å². The van der Waals surface area contributed by atoms with Gasteiger partial charge in [0.2, 0.25) is 12.1 Å². The number of amides is 2. The number of benzene rings is 1. The van der Waals surface area contributed by atoms with Crippen molar-refractivity contribution in [3.8, 4) is 0 Å². The number of guanidine groups is 1. The quantitative estimate of drug-likeness (QED) is 0.0716. The van der Waals surface area contributed by atoms with E-state index in [0.29, 0.717) is 19.5 Å². The van der Waals surface area contributed by atoms with E-state index in [2.05, 4.69) is 21.3 Å². The van der Waals surface area contributed by atoms with Gasteiger partial charge in [0.25, 0.3) is 5.91 Å². The molecule has 1 atom stereocenters. The second kappa shape index (κ2) is 22.9. The molecule has 0 heterocycles. The van der Waals surface area contributed by atoms with E-state index in [-0.39, 0.29) is 61.4 Å². The van der Waals surface area contributed by atoms with Crippen molar-refractivity contribution in [1.82, 2.24) is 16.0 Å². The van der Waals surface area contributed by atoms with Gasteiger partial charge in [-0.3, -0.25) is 15.0 Å². The number of carbonyl (C=O) groups excluding carboxylic acids is 2. The molecule has 0 aliphatic heterocycles. The molecule has 0 fully saturated rings. The fourth-order valence-corrected chi connectivity index (χ4v) is 2.84. The van der Waals surface area contributed by atoms with Crippen LogP contribution in [0, 0.1) is 5.41 Å². The summed E-state index contributed by atoms with van der Waals surface area (Å²) in [6.45, 7) is 3.00. The van der Waals surface area contributed by atoms with Crippen LogP contribution in [-0.4, -0.2) is 57.3 Å². The lowest BCUT2D eigenvalue weighted by molar-refractivity contribution is -0.139. The summed E-state index contributed by atoms with van der Waals surface area (Å²) >= 11 is 0. The predicted molar refractivity (Wildman–Crippen MR) is 144 cm³/mol. The SMILES string of the molecule is COC(NC(=O)CCCc1ccc(NC(=N)N)cc1)C(=O)NCCCCNCCCN.Cl.Cl.Cl. The van der Waals surface area contributed by atoms with Crippen molar-refractivity contribution in [2.75, 3.05) is 38.6 Å². The van der Waals surface area contributed by atoms with Crippen LogP contribution in [0.1, 0.15) is 37.7 Å². The zero-order valence-electron chi connectivity index (χ0n) is 19.6. The summed E-state index contributed by atoms with van der Waals surface area (Å²) in [6, 6.07) is 7.50. The number of hydrogen-bond donors (Lipinski definition) is 7. The average Bonchev–Trinajstić information content (AvgIpc) is 2.74. The molecule has 34 heavy (non-hydrogen) atoms. The van der Waals surface area contributed by atoms with Crippen molar-refractivity contribution in [3.63, 3.8) is 0 Å². The minimum absolute atomic E-state index is 0.